The molecule has 0 aromatic rings. The Hall–Kier alpha value is -0.310. The van der Waals surface area contributed by atoms with Crippen molar-refractivity contribution >= 4 is 21.9 Å². The van der Waals surface area contributed by atoms with Gasteiger partial charge in [0.15, 0.2) is 0 Å². The maximum atomic E-state index is 10.9. The average Bonchev–Trinajstić information content (AvgIpc) is 2.12. The molecule has 0 amide bonds. The molecule has 0 aliphatic carbocycles. The summed E-state index contributed by atoms with van der Waals surface area (Å²) in [6.07, 6.45) is 4.51. The number of esters is 1. The number of unbranched alkanes of at least 4 members (excludes halogenated alkanes) is 1. The standard InChI is InChI=1S/C10H17BrO2/c1-3-13-10(12)7-5-4-6-9(2)8-11/h6H,3-5,7-8H2,1-2H3/b9-6+. The molecule has 0 radical (unpaired) electrons. The smallest absolute Gasteiger partial charge is 0.305 e. The van der Waals surface area contributed by atoms with Gasteiger partial charge in [0.05, 0.1) is 6.61 Å². The van der Waals surface area contributed by atoms with Crippen molar-refractivity contribution in [2.75, 3.05) is 11.9 Å². The Kier molecular flexibility index (Phi) is 8.10. The first kappa shape index (κ1) is 12.7. The molecule has 0 bridgehead atoms. The van der Waals surface area contributed by atoms with Gasteiger partial charge >= 0.3 is 5.97 Å². The van der Waals surface area contributed by atoms with Gasteiger partial charge in [-0.15, -0.1) is 0 Å². The zero-order valence-corrected chi connectivity index (χ0v) is 9.89. The van der Waals surface area contributed by atoms with Gasteiger partial charge in [-0.05, 0) is 26.7 Å². The number of allylic oxidation sites excluding steroid dienone is 2. The van der Waals surface area contributed by atoms with Crippen LogP contribution in [0.5, 0.6) is 0 Å². The lowest BCUT2D eigenvalue weighted by atomic mass is 10.2. The van der Waals surface area contributed by atoms with Gasteiger partial charge in [0.25, 0.3) is 0 Å². The van der Waals surface area contributed by atoms with Crippen molar-refractivity contribution in [2.24, 2.45) is 0 Å². The summed E-state index contributed by atoms with van der Waals surface area (Å²) in [4.78, 5) is 10.9. The molecule has 0 aliphatic rings. The first-order valence-electron chi connectivity index (χ1n) is 4.58. The number of alkyl halides is 1. The summed E-state index contributed by atoms with van der Waals surface area (Å²) in [5, 5.41) is 0.909. The lowest BCUT2D eigenvalue weighted by Crippen LogP contribution is -2.02. The number of carbonyl (C=O) groups is 1. The molecular formula is C10H17BrO2. The number of halogens is 1. The van der Waals surface area contributed by atoms with Crippen LogP contribution in [0, 0.1) is 0 Å². The molecule has 0 aliphatic heterocycles. The second-order valence-electron chi connectivity index (χ2n) is 2.88. The van der Waals surface area contributed by atoms with E-state index in [-0.39, 0.29) is 5.97 Å². The maximum Gasteiger partial charge on any atom is 0.305 e. The lowest BCUT2D eigenvalue weighted by Gasteiger charge is -1.99. The van der Waals surface area contributed by atoms with Crippen LogP contribution in [0.25, 0.3) is 0 Å². The van der Waals surface area contributed by atoms with Gasteiger partial charge in [0.2, 0.25) is 0 Å². The van der Waals surface area contributed by atoms with Crippen LogP contribution in [-0.2, 0) is 9.53 Å². The van der Waals surface area contributed by atoms with Crippen molar-refractivity contribution in [3.8, 4) is 0 Å². The summed E-state index contributed by atoms with van der Waals surface area (Å²) in [5.74, 6) is -0.0904. The van der Waals surface area contributed by atoms with E-state index in [0.29, 0.717) is 13.0 Å². The van der Waals surface area contributed by atoms with Crippen LogP contribution in [0.2, 0.25) is 0 Å². The normalized spacial score (nSPS) is 11.5. The summed E-state index contributed by atoms with van der Waals surface area (Å²) in [7, 11) is 0. The molecule has 13 heavy (non-hydrogen) atoms. The van der Waals surface area contributed by atoms with Gasteiger partial charge in [-0.25, -0.2) is 0 Å². The second kappa shape index (κ2) is 8.30. The average molecular weight is 249 g/mol. The van der Waals surface area contributed by atoms with Crippen molar-refractivity contribution in [2.45, 2.75) is 33.1 Å². The third-order valence-corrected chi connectivity index (χ3v) is 2.48. The first-order chi connectivity index (χ1) is 6.20. The zero-order chi connectivity index (χ0) is 10.1. The van der Waals surface area contributed by atoms with E-state index in [0.717, 1.165) is 18.2 Å². The monoisotopic (exact) mass is 248 g/mol. The molecular weight excluding hydrogens is 232 g/mol. The number of carbonyl (C=O) groups excluding carboxylic acids is 1. The minimum atomic E-state index is -0.0904. The van der Waals surface area contributed by atoms with Crippen molar-refractivity contribution in [1.82, 2.24) is 0 Å². The van der Waals surface area contributed by atoms with E-state index < -0.39 is 0 Å². The molecule has 76 valence electrons. The molecule has 0 N–H and O–H groups in total. The summed E-state index contributed by atoms with van der Waals surface area (Å²) in [5.41, 5.74) is 1.31. The van der Waals surface area contributed by atoms with Crippen molar-refractivity contribution in [3.63, 3.8) is 0 Å². The molecule has 0 aromatic carbocycles. The van der Waals surface area contributed by atoms with Crippen LogP contribution in [0.3, 0.4) is 0 Å². The van der Waals surface area contributed by atoms with E-state index in [1.807, 2.05) is 6.92 Å². The fraction of sp³-hybridized carbons (Fsp3) is 0.700. The Morgan fingerprint density at radius 3 is 2.77 bits per heavy atom. The van der Waals surface area contributed by atoms with Crippen LogP contribution in [-0.4, -0.2) is 17.9 Å². The molecule has 0 atom stereocenters. The molecule has 0 saturated heterocycles. The Balaban J connectivity index is 3.40. The van der Waals surface area contributed by atoms with Crippen LogP contribution in [0.4, 0.5) is 0 Å². The Bertz CT molecular complexity index is 176. The molecule has 0 aromatic heterocycles. The van der Waals surface area contributed by atoms with Crippen molar-refractivity contribution in [3.05, 3.63) is 11.6 Å². The highest BCUT2D eigenvalue weighted by molar-refractivity contribution is 9.09. The van der Waals surface area contributed by atoms with E-state index in [1.54, 1.807) is 0 Å². The van der Waals surface area contributed by atoms with Gasteiger partial charge in [0.1, 0.15) is 0 Å². The molecule has 0 saturated carbocycles. The zero-order valence-electron chi connectivity index (χ0n) is 8.31. The predicted molar refractivity (Wildman–Crippen MR) is 58.0 cm³/mol. The lowest BCUT2D eigenvalue weighted by molar-refractivity contribution is -0.143. The predicted octanol–water partition coefficient (Wildman–Crippen LogP) is 3.06. The van der Waals surface area contributed by atoms with Crippen LogP contribution >= 0.6 is 15.9 Å². The number of hydrogen-bond acceptors (Lipinski definition) is 2. The molecule has 0 fully saturated rings. The largest absolute Gasteiger partial charge is 0.466 e. The van der Waals surface area contributed by atoms with Gasteiger partial charge in [-0.2, -0.15) is 0 Å². The quantitative estimate of drug-likeness (QED) is 0.313. The van der Waals surface area contributed by atoms with E-state index in [4.69, 9.17) is 4.74 Å². The van der Waals surface area contributed by atoms with Crippen LogP contribution in [0.15, 0.2) is 11.6 Å². The maximum absolute atomic E-state index is 10.9. The third-order valence-electron chi connectivity index (χ3n) is 1.59. The number of rotatable bonds is 6. The van der Waals surface area contributed by atoms with E-state index in [9.17, 15) is 4.79 Å². The van der Waals surface area contributed by atoms with Gasteiger partial charge in [0, 0.05) is 11.8 Å². The molecule has 0 unspecified atom stereocenters. The van der Waals surface area contributed by atoms with Gasteiger partial charge < -0.3 is 4.74 Å². The molecule has 2 nitrogen and oxygen atoms in total. The Labute approximate surface area is 88.5 Å². The minimum Gasteiger partial charge on any atom is -0.466 e. The van der Waals surface area contributed by atoms with Crippen LogP contribution in [0.1, 0.15) is 33.1 Å². The highest BCUT2D eigenvalue weighted by atomic mass is 79.9. The molecule has 0 spiro atoms. The van der Waals surface area contributed by atoms with E-state index in [1.165, 1.54) is 5.57 Å². The molecule has 0 rings (SSSR count). The summed E-state index contributed by atoms with van der Waals surface area (Å²) in [6, 6.07) is 0. The number of hydrogen-bond donors (Lipinski definition) is 0. The van der Waals surface area contributed by atoms with Gasteiger partial charge in [-0.3, -0.25) is 4.79 Å². The van der Waals surface area contributed by atoms with Crippen molar-refractivity contribution < 1.29 is 9.53 Å². The minimum absolute atomic E-state index is 0.0904. The second-order valence-corrected chi connectivity index (χ2v) is 3.44. The van der Waals surface area contributed by atoms with E-state index in [2.05, 4.69) is 28.9 Å². The number of ether oxygens (including phenoxy) is 1. The van der Waals surface area contributed by atoms with Gasteiger partial charge in [-0.1, -0.05) is 27.6 Å². The summed E-state index contributed by atoms with van der Waals surface area (Å²) < 4.78 is 4.81. The fourth-order valence-electron chi connectivity index (χ4n) is 0.883. The first-order valence-corrected chi connectivity index (χ1v) is 5.70. The third kappa shape index (κ3) is 8.03. The SMILES string of the molecule is CCOC(=O)CCC/C=C(\C)CBr. The van der Waals surface area contributed by atoms with Crippen LogP contribution < -0.4 is 0 Å². The molecule has 0 heterocycles. The van der Waals surface area contributed by atoms with Crippen molar-refractivity contribution in [1.29, 1.82) is 0 Å². The Morgan fingerprint density at radius 1 is 1.54 bits per heavy atom. The van der Waals surface area contributed by atoms with E-state index >= 15 is 0 Å². The summed E-state index contributed by atoms with van der Waals surface area (Å²) >= 11 is 3.36. The highest BCUT2D eigenvalue weighted by Gasteiger charge is 1.99. The summed E-state index contributed by atoms with van der Waals surface area (Å²) in [6.45, 7) is 4.38. The Morgan fingerprint density at radius 2 is 2.23 bits per heavy atom. The highest BCUT2D eigenvalue weighted by Crippen LogP contribution is 2.04. The topological polar surface area (TPSA) is 26.3 Å². The molecule has 3 heteroatoms. The fourth-order valence-corrected chi connectivity index (χ4v) is 1.11.